The molecular formula is C16H27FN2O. The van der Waals surface area contributed by atoms with Crippen LogP contribution in [0.25, 0.3) is 0 Å². The third-order valence-electron chi connectivity index (χ3n) is 3.35. The highest BCUT2D eigenvalue weighted by Gasteiger charge is 2.12. The molecule has 0 amide bonds. The molecule has 1 N–H and O–H groups in total. The first kappa shape index (κ1) is 16.9. The molecule has 1 aromatic carbocycles. The maximum Gasteiger partial charge on any atom is 0.146 e. The van der Waals surface area contributed by atoms with Crippen molar-refractivity contribution >= 4 is 5.69 Å². The second-order valence-corrected chi connectivity index (χ2v) is 5.05. The number of methoxy groups -OCH3 is 1. The lowest BCUT2D eigenvalue weighted by molar-refractivity contribution is 0.199. The summed E-state index contributed by atoms with van der Waals surface area (Å²) in [6, 6.07) is 5.28. The van der Waals surface area contributed by atoms with Crippen LogP contribution < -0.4 is 10.2 Å². The van der Waals surface area contributed by atoms with Crippen molar-refractivity contribution in [1.82, 2.24) is 5.32 Å². The SMILES string of the molecule is CCCCCN(C)c1c(F)cccc1CNCCOC. The van der Waals surface area contributed by atoms with Gasteiger partial charge in [0.1, 0.15) is 5.82 Å². The summed E-state index contributed by atoms with van der Waals surface area (Å²) in [5, 5.41) is 3.27. The number of halogens is 1. The van der Waals surface area contributed by atoms with Gasteiger partial charge >= 0.3 is 0 Å². The van der Waals surface area contributed by atoms with Crippen LogP contribution in [0.4, 0.5) is 10.1 Å². The van der Waals surface area contributed by atoms with Gasteiger partial charge in [0.05, 0.1) is 12.3 Å². The van der Waals surface area contributed by atoms with Crippen LogP contribution in [0.5, 0.6) is 0 Å². The predicted molar refractivity (Wildman–Crippen MR) is 82.8 cm³/mol. The topological polar surface area (TPSA) is 24.5 Å². The average molecular weight is 282 g/mol. The molecule has 0 aromatic heterocycles. The molecule has 0 fully saturated rings. The summed E-state index contributed by atoms with van der Waals surface area (Å²) in [6.07, 6.45) is 3.45. The molecule has 0 aliphatic carbocycles. The summed E-state index contributed by atoms with van der Waals surface area (Å²) >= 11 is 0. The normalized spacial score (nSPS) is 10.8. The van der Waals surface area contributed by atoms with Crippen molar-refractivity contribution < 1.29 is 9.13 Å². The average Bonchev–Trinajstić information content (AvgIpc) is 2.44. The Kier molecular flexibility index (Phi) is 8.23. The first-order valence-electron chi connectivity index (χ1n) is 7.38. The number of benzene rings is 1. The fourth-order valence-corrected chi connectivity index (χ4v) is 2.24. The predicted octanol–water partition coefficient (Wildman–Crippen LogP) is 3.19. The van der Waals surface area contributed by atoms with Crippen LogP contribution in [0.2, 0.25) is 0 Å². The molecule has 0 saturated carbocycles. The molecule has 0 radical (unpaired) electrons. The molecule has 0 spiro atoms. The Bertz CT molecular complexity index is 385. The van der Waals surface area contributed by atoms with Crippen LogP contribution in [0.15, 0.2) is 18.2 Å². The molecule has 4 heteroatoms. The Morgan fingerprint density at radius 3 is 2.80 bits per heavy atom. The Labute approximate surface area is 122 Å². The van der Waals surface area contributed by atoms with E-state index in [1.807, 2.05) is 18.0 Å². The van der Waals surface area contributed by atoms with Gasteiger partial charge in [-0.05, 0) is 18.1 Å². The second-order valence-electron chi connectivity index (χ2n) is 5.05. The highest BCUT2D eigenvalue weighted by Crippen LogP contribution is 2.24. The Morgan fingerprint density at radius 2 is 2.10 bits per heavy atom. The summed E-state index contributed by atoms with van der Waals surface area (Å²) in [4.78, 5) is 2.03. The number of para-hydroxylation sites is 1. The third kappa shape index (κ3) is 5.47. The lowest BCUT2D eigenvalue weighted by atomic mass is 10.1. The standard InChI is InChI=1S/C16H27FN2O/c1-4-5-6-11-19(2)16-14(8-7-9-15(16)17)13-18-10-12-20-3/h7-9,18H,4-6,10-13H2,1-3H3. The Morgan fingerprint density at radius 1 is 1.30 bits per heavy atom. The van der Waals surface area contributed by atoms with E-state index in [1.165, 1.54) is 18.9 Å². The van der Waals surface area contributed by atoms with E-state index in [2.05, 4.69) is 12.2 Å². The van der Waals surface area contributed by atoms with Gasteiger partial charge in [-0.15, -0.1) is 0 Å². The zero-order chi connectivity index (χ0) is 14.8. The third-order valence-corrected chi connectivity index (χ3v) is 3.35. The molecule has 0 heterocycles. The maximum atomic E-state index is 14.1. The zero-order valence-corrected chi connectivity index (χ0v) is 12.9. The maximum absolute atomic E-state index is 14.1. The Balaban J connectivity index is 2.66. The lowest BCUT2D eigenvalue weighted by Gasteiger charge is -2.23. The minimum absolute atomic E-state index is 0.143. The van der Waals surface area contributed by atoms with Crippen molar-refractivity contribution in [3.05, 3.63) is 29.6 Å². The molecule has 0 aliphatic rings. The van der Waals surface area contributed by atoms with Gasteiger partial charge in [0.2, 0.25) is 0 Å². The van der Waals surface area contributed by atoms with Gasteiger partial charge in [0, 0.05) is 33.8 Å². The van der Waals surface area contributed by atoms with Crippen LogP contribution in [-0.4, -0.2) is 33.9 Å². The first-order chi connectivity index (χ1) is 9.70. The molecule has 1 rings (SSSR count). The number of anilines is 1. The minimum atomic E-state index is -0.143. The summed E-state index contributed by atoms with van der Waals surface area (Å²) in [5.41, 5.74) is 1.72. The molecule has 0 saturated heterocycles. The van der Waals surface area contributed by atoms with Crippen LogP contribution in [0.1, 0.15) is 31.7 Å². The molecule has 114 valence electrons. The number of hydrogen-bond acceptors (Lipinski definition) is 3. The van der Waals surface area contributed by atoms with Crippen LogP contribution in [0, 0.1) is 5.82 Å². The van der Waals surface area contributed by atoms with Crippen molar-refractivity contribution in [3.8, 4) is 0 Å². The van der Waals surface area contributed by atoms with E-state index in [0.717, 1.165) is 25.1 Å². The number of rotatable bonds is 10. The van der Waals surface area contributed by atoms with Crippen LogP contribution in [-0.2, 0) is 11.3 Å². The van der Waals surface area contributed by atoms with Crippen molar-refractivity contribution in [2.24, 2.45) is 0 Å². The van der Waals surface area contributed by atoms with Gasteiger partial charge in [-0.25, -0.2) is 4.39 Å². The summed E-state index contributed by atoms with van der Waals surface area (Å²) in [5.74, 6) is -0.143. The van der Waals surface area contributed by atoms with Gasteiger partial charge in [0.15, 0.2) is 0 Å². The van der Waals surface area contributed by atoms with Crippen LogP contribution in [0.3, 0.4) is 0 Å². The smallest absolute Gasteiger partial charge is 0.146 e. The van der Waals surface area contributed by atoms with Crippen molar-refractivity contribution in [3.63, 3.8) is 0 Å². The van der Waals surface area contributed by atoms with Crippen LogP contribution >= 0.6 is 0 Å². The zero-order valence-electron chi connectivity index (χ0n) is 12.9. The summed E-state index contributed by atoms with van der Waals surface area (Å²) in [6.45, 7) is 5.16. The van der Waals surface area contributed by atoms with Gasteiger partial charge in [-0.3, -0.25) is 0 Å². The molecule has 1 aromatic rings. The fourth-order valence-electron chi connectivity index (χ4n) is 2.24. The van der Waals surface area contributed by atoms with E-state index < -0.39 is 0 Å². The molecule has 0 bridgehead atoms. The molecule has 0 aliphatic heterocycles. The molecule has 20 heavy (non-hydrogen) atoms. The van der Waals surface area contributed by atoms with Crippen molar-refractivity contribution in [2.75, 3.05) is 38.8 Å². The Hall–Kier alpha value is -1.13. The number of ether oxygens (including phenoxy) is 1. The molecule has 0 atom stereocenters. The van der Waals surface area contributed by atoms with Gasteiger partial charge < -0.3 is 15.0 Å². The summed E-state index contributed by atoms with van der Waals surface area (Å²) < 4.78 is 19.1. The minimum Gasteiger partial charge on any atom is -0.383 e. The largest absolute Gasteiger partial charge is 0.383 e. The van der Waals surface area contributed by atoms with E-state index in [-0.39, 0.29) is 5.82 Å². The van der Waals surface area contributed by atoms with E-state index in [9.17, 15) is 4.39 Å². The second kappa shape index (κ2) is 9.72. The van der Waals surface area contributed by atoms with Crippen molar-refractivity contribution in [2.45, 2.75) is 32.7 Å². The summed E-state index contributed by atoms with van der Waals surface area (Å²) in [7, 11) is 3.64. The van der Waals surface area contributed by atoms with E-state index in [0.29, 0.717) is 18.8 Å². The highest BCUT2D eigenvalue weighted by atomic mass is 19.1. The van der Waals surface area contributed by atoms with Gasteiger partial charge in [-0.1, -0.05) is 31.9 Å². The number of nitrogens with zero attached hydrogens (tertiary/aromatic N) is 1. The van der Waals surface area contributed by atoms with Crippen molar-refractivity contribution in [1.29, 1.82) is 0 Å². The number of nitrogens with one attached hydrogen (secondary N) is 1. The molecule has 0 unspecified atom stereocenters. The monoisotopic (exact) mass is 282 g/mol. The van der Waals surface area contributed by atoms with E-state index >= 15 is 0 Å². The fraction of sp³-hybridized carbons (Fsp3) is 0.625. The highest BCUT2D eigenvalue weighted by molar-refractivity contribution is 5.54. The quantitative estimate of drug-likeness (QED) is 0.667. The van der Waals surface area contributed by atoms with E-state index in [4.69, 9.17) is 4.74 Å². The molecule has 3 nitrogen and oxygen atoms in total. The molecular weight excluding hydrogens is 255 g/mol. The van der Waals surface area contributed by atoms with E-state index in [1.54, 1.807) is 13.2 Å². The van der Waals surface area contributed by atoms with Gasteiger partial charge in [-0.2, -0.15) is 0 Å². The van der Waals surface area contributed by atoms with Gasteiger partial charge in [0.25, 0.3) is 0 Å². The number of unbranched alkanes of at least 4 members (excludes halogenated alkanes) is 2. The first-order valence-corrected chi connectivity index (χ1v) is 7.38. The number of hydrogen-bond donors (Lipinski definition) is 1. The lowest BCUT2D eigenvalue weighted by Crippen LogP contribution is -2.24.